The molecule has 1 aliphatic rings. The van der Waals surface area contributed by atoms with Gasteiger partial charge in [-0.3, -0.25) is 0 Å². The summed E-state index contributed by atoms with van der Waals surface area (Å²) in [5.41, 5.74) is 2.23. The zero-order valence-corrected chi connectivity index (χ0v) is 10.9. The molecule has 1 aromatic heterocycles. The van der Waals surface area contributed by atoms with Crippen molar-refractivity contribution in [2.45, 2.75) is 18.6 Å². The summed E-state index contributed by atoms with van der Waals surface area (Å²) in [5, 5.41) is 11.9. The number of rotatable bonds is 4. The molecule has 2 atom stereocenters. The summed E-state index contributed by atoms with van der Waals surface area (Å²) >= 11 is 0. The van der Waals surface area contributed by atoms with Crippen molar-refractivity contribution in [2.24, 2.45) is 0 Å². The lowest BCUT2D eigenvalue weighted by Crippen LogP contribution is -2.25. The quantitative estimate of drug-likeness (QED) is 0.888. The topological polar surface area (TPSA) is 84.6 Å². The van der Waals surface area contributed by atoms with Gasteiger partial charge in [-0.15, -0.1) is 0 Å². The fourth-order valence-electron chi connectivity index (χ4n) is 2.57. The Morgan fingerprint density at radius 1 is 1.50 bits per heavy atom. The lowest BCUT2D eigenvalue weighted by molar-refractivity contribution is 0.0690. The number of hydrogen-bond acceptors (Lipinski definition) is 5. The Kier molecular flexibility index (Phi) is 3.15. The van der Waals surface area contributed by atoms with Gasteiger partial charge in [-0.05, 0) is 17.5 Å². The van der Waals surface area contributed by atoms with Gasteiger partial charge < -0.3 is 19.6 Å². The van der Waals surface area contributed by atoms with E-state index in [1.807, 2.05) is 18.2 Å². The number of nitrogens with zero attached hydrogens (tertiary/aromatic N) is 1. The first kappa shape index (κ1) is 12.7. The van der Waals surface area contributed by atoms with Gasteiger partial charge in [0.15, 0.2) is 5.69 Å². The summed E-state index contributed by atoms with van der Waals surface area (Å²) < 4.78 is 10.6. The molecule has 0 amide bonds. The number of ether oxygens (including phenoxy) is 1. The number of oxazole rings is 1. The van der Waals surface area contributed by atoms with Crippen molar-refractivity contribution >= 4 is 12.0 Å². The zero-order chi connectivity index (χ0) is 14.1. The van der Waals surface area contributed by atoms with Crippen molar-refractivity contribution in [3.05, 3.63) is 47.3 Å². The first-order valence-corrected chi connectivity index (χ1v) is 6.25. The SMILES string of the molecule is CO[C@H]1c2ccccc2C[C@H]1Nc1nc(C(=O)O)co1. The predicted molar refractivity (Wildman–Crippen MR) is 70.8 cm³/mol. The Labute approximate surface area is 115 Å². The molecule has 0 spiro atoms. The van der Waals surface area contributed by atoms with Crippen LogP contribution in [0, 0.1) is 0 Å². The monoisotopic (exact) mass is 274 g/mol. The molecule has 3 rings (SSSR count). The van der Waals surface area contributed by atoms with Crippen LogP contribution in [0.3, 0.4) is 0 Å². The molecule has 1 aromatic carbocycles. The van der Waals surface area contributed by atoms with Gasteiger partial charge in [0.2, 0.25) is 0 Å². The van der Waals surface area contributed by atoms with Crippen molar-refractivity contribution in [1.82, 2.24) is 4.98 Å². The maximum absolute atomic E-state index is 10.8. The second kappa shape index (κ2) is 4.97. The van der Waals surface area contributed by atoms with E-state index in [2.05, 4.69) is 16.4 Å². The summed E-state index contributed by atoms with van der Waals surface area (Å²) in [6.07, 6.45) is 1.79. The number of aromatic nitrogens is 1. The average molecular weight is 274 g/mol. The minimum absolute atomic E-state index is 0.0299. The Morgan fingerprint density at radius 2 is 2.30 bits per heavy atom. The molecule has 6 heteroatoms. The fraction of sp³-hybridized carbons (Fsp3) is 0.286. The van der Waals surface area contributed by atoms with Crippen LogP contribution in [0.5, 0.6) is 0 Å². The van der Waals surface area contributed by atoms with Gasteiger partial charge in [0.1, 0.15) is 12.4 Å². The van der Waals surface area contributed by atoms with Crippen molar-refractivity contribution < 1.29 is 19.1 Å². The first-order chi connectivity index (χ1) is 9.69. The fourth-order valence-corrected chi connectivity index (χ4v) is 2.57. The van der Waals surface area contributed by atoms with Gasteiger partial charge in [-0.25, -0.2) is 4.79 Å². The number of hydrogen-bond donors (Lipinski definition) is 2. The lowest BCUT2D eigenvalue weighted by atomic mass is 10.1. The van der Waals surface area contributed by atoms with E-state index in [1.54, 1.807) is 7.11 Å². The molecule has 2 N–H and O–H groups in total. The molecular formula is C14H14N2O4. The maximum Gasteiger partial charge on any atom is 0.357 e. The molecule has 20 heavy (non-hydrogen) atoms. The van der Waals surface area contributed by atoms with E-state index in [-0.39, 0.29) is 23.9 Å². The normalized spacial score (nSPS) is 20.6. The standard InChI is InChI=1S/C14H14N2O4/c1-19-12-9-5-3-2-4-8(9)6-10(12)15-14-16-11(7-20-14)13(17)18/h2-5,7,10,12H,6H2,1H3,(H,15,16)(H,17,18)/t10-,12+/m1/s1. The highest BCUT2D eigenvalue weighted by atomic mass is 16.5. The van der Waals surface area contributed by atoms with E-state index >= 15 is 0 Å². The van der Waals surface area contributed by atoms with E-state index in [0.717, 1.165) is 18.2 Å². The summed E-state index contributed by atoms with van der Waals surface area (Å²) in [5.74, 6) is -1.11. The van der Waals surface area contributed by atoms with Crippen LogP contribution < -0.4 is 5.32 Å². The van der Waals surface area contributed by atoms with E-state index in [1.165, 1.54) is 5.56 Å². The van der Waals surface area contributed by atoms with Crippen molar-refractivity contribution in [3.63, 3.8) is 0 Å². The van der Waals surface area contributed by atoms with Crippen LogP contribution in [-0.2, 0) is 11.2 Å². The van der Waals surface area contributed by atoms with Crippen molar-refractivity contribution in [1.29, 1.82) is 0 Å². The van der Waals surface area contributed by atoms with Crippen molar-refractivity contribution in [2.75, 3.05) is 12.4 Å². The van der Waals surface area contributed by atoms with Crippen LogP contribution in [-0.4, -0.2) is 29.2 Å². The number of nitrogens with one attached hydrogen (secondary N) is 1. The summed E-state index contributed by atoms with van der Waals surface area (Å²) in [6.45, 7) is 0. The largest absolute Gasteiger partial charge is 0.476 e. The molecule has 1 heterocycles. The molecule has 0 fully saturated rings. The van der Waals surface area contributed by atoms with E-state index in [4.69, 9.17) is 14.3 Å². The molecule has 0 radical (unpaired) electrons. The Bertz CT molecular complexity index is 638. The first-order valence-electron chi connectivity index (χ1n) is 6.25. The van der Waals surface area contributed by atoms with Gasteiger partial charge >= 0.3 is 5.97 Å². The van der Waals surface area contributed by atoms with Gasteiger partial charge in [-0.2, -0.15) is 4.98 Å². The van der Waals surface area contributed by atoms with Gasteiger partial charge in [0.05, 0.1) is 6.04 Å². The third-order valence-corrected chi connectivity index (χ3v) is 3.45. The summed E-state index contributed by atoms with van der Waals surface area (Å²) in [7, 11) is 1.65. The molecule has 0 saturated carbocycles. The molecule has 104 valence electrons. The van der Waals surface area contributed by atoms with Gasteiger partial charge in [0, 0.05) is 7.11 Å². The highest BCUT2D eigenvalue weighted by Gasteiger charge is 2.33. The number of benzene rings is 1. The van der Waals surface area contributed by atoms with E-state index in [0.29, 0.717) is 0 Å². The van der Waals surface area contributed by atoms with Crippen LogP contribution in [0.15, 0.2) is 34.9 Å². The van der Waals surface area contributed by atoms with Crippen LogP contribution in [0.25, 0.3) is 0 Å². The molecule has 0 bridgehead atoms. The highest BCUT2D eigenvalue weighted by molar-refractivity contribution is 5.85. The third-order valence-electron chi connectivity index (χ3n) is 3.45. The molecule has 0 unspecified atom stereocenters. The van der Waals surface area contributed by atoms with Crippen LogP contribution in [0.4, 0.5) is 6.01 Å². The average Bonchev–Trinajstić information content (AvgIpc) is 3.02. The zero-order valence-electron chi connectivity index (χ0n) is 10.9. The van der Waals surface area contributed by atoms with Crippen LogP contribution >= 0.6 is 0 Å². The summed E-state index contributed by atoms with van der Waals surface area (Å²) in [4.78, 5) is 14.6. The summed E-state index contributed by atoms with van der Waals surface area (Å²) in [6, 6.07) is 8.22. The Hall–Kier alpha value is -2.34. The second-order valence-corrected chi connectivity index (χ2v) is 4.65. The predicted octanol–water partition coefficient (Wildman–Crippen LogP) is 2.10. The molecule has 2 aromatic rings. The minimum atomic E-state index is -1.11. The van der Waals surface area contributed by atoms with E-state index in [9.17, 15) is 4.79 Å². The van der Waals surface area contributed by atoms with Crippen LogP contribution in [0.2, 0.25) is 0 Å². The molecule has 1 aliphatic carbocycles. The number of methoxy groups -OCH3 is 1. The second-order valence-electron chi connectivity index (χ2n) is 4.65. The Morgan fingerprint density at radius 3 is 3.00 bits per heavy atom. The number of carboxylic acids is 1. The molecule has 6 nitrogen and oxygen atoms in total. The molecular weight excluding hydrogens is 260 g/mol. The van der Waals surface area contributed by atoms with E-state index < -0.39 is 5.97 Å². The smallest absolute Gasteiger partial charge is 0.357 e. The number of fused-ring (bicyclic) bond motifs is 1. The number of carbonyl (C=O) groups is 1. The van der Waals surface area contributed by atoms with Gasteiger partial charge in [0.25, 0.3) is 6.01 Å². The maximum atomic E-state index is 10.8. The lowest BCUT2D eigenvalue weighted by Gasteiger charge is -2.19. The van der Waals surface area contributed by atoms with Crippen molar-refractivity contribution in [3.8, 4) is 0 Å². The molecule has 0 saturated heterocycles. The van der Waals surface area contributed by atoms with Crippen LogP contribution in [0.1, 0.15) is 27.7 Å². The Balaban J connectivity index is 1.80. The number of aromatic carboxylic acids is 1. The third kappa shape index (κ3) is 2.14. The molecule has 0 aliphatic heterocycles. The highest BCUT2D eigenvalue weighted by Crippen LogP contribution is 2.35. The minimum Gasteiger partial charge on any atom is -0.476 e. The van der Waals surface area contributed by atoms with Gasteiger partial charge in [-0.1, -0.05) is 24.3 Å². The number of carboxylic acid groups (broad SMARTS) is 1. The number of anilines is 1.